The Hall–Kier alpha value is -0.0400. The van der Waals surface area contributed by atoms with Crippen LogP contribution in [0.1, 0.15) is 53.4 Å². The van der Waals surface area contributed by atoms with Gasteiger partial charge < -0.3 is 0 Å². The van der Waals surface area contributed by atoms with Crippen LogP contribution in [0.3, 0.4) is 0 Å². The summed E-state index contributed by atoms with van der Waals surface area (Å²) in [7, 11) is 0. The van der Waals surface area contributed by atoms with E-state index < -0.39 is 0 Å². The third-order valence-corrected chi connectivity index (χ3v) is 3.16. The Kier molecular flexibility index (Phi) is 3.78. The molecule has 0 aromatic rings. The summed E-state index contributed by atoms with van der Waals surface area (Å²) in [5, 5.41) is 0. The zero-order valence-corrected chi connectivity index (χ0v) is 9.77. The lowest BCUT2D eigenvalue weighted by Crippen LogP contribution is -2.47. The van der Waals surface area contributed by atoms with Crippen molar-refractivity contribution in [1.82, 2.24) is 4.90 Å². The van der Waals surface area contributed by atoms with Crippen molar-refractivity contribution < 1.29 is 0 Å². The van der Waals surface area contributed by atoms with E-state index in [9.17, 15) is 0 Å². The highest BCUT2D eigenvalue weighted by molar-refractivity contribution is 4.82. The van der Waals surface area contributed by atoms with Gasteiger partial charge in [0.05, 0.1) is 0 Å². The fraction of sp³-hybridized carbons (Fsp3) is 1.00. The Morgan fingerprint density at radius 1 is 1.31 bits per heavy atom. The molecular weight excluding hydrogens is 158 g/mol. The molecule has 1 heteroatoms. The predicted octanol–water partition coefficient (Wildman–Crippen LogP) is 3.30. The van der Waals surface area contributed by atoms with Crippen LogP contribution in [0, 0.1) is 5.92 Å². The highest BCUT2D eigenvalue weighted by Gasteiger charge is 2.26. The number of piperidine rings is 1. The fourth-order valence-electron chi connectivity index (χ4n) is 2.32. The lowest BCUT2D eigenvalue weighted by Gasteiger charge is -2.41. The second-order valence-corrected chi connectivity index (χ2v) is 5.41. The lowest BCUT2D eigenvalue weighted by molar-refractivity contribution is 0.0760. The highest BCUT2D eigenvalue weighted by Crippen LogP contribution is 2.25. The molecule has 1 fully saturated rings. The Labute approximate surface area is 83.5 Å². The van der Waals surface area contributed by atoms with Gasteiger partial charge in [-0.15, -0.1) is 0 Å². The van der Waals surface area contributed by atoms with Gasteiger partial charge in [-0.25, -0.2) is 0 Å². The number of nitrogens with zero attached hydrogens (tertiary/aromatic N) is 1. The molecule has 0 N–H and O–H groups in total. The first-order chi connectivity index (χ1) is 6.04. The maximum absolute atomic E-state index is 2.65. The molecule has 1 unspecified atom stereocenters. The van der Waals surface area contributed by atoms with E-state index in [4.69, 9.17) is 0 Å². The molecule has 78 valence electrons. The fourth-order valence-corrected chi connectivity index (χ4v) is 2.32. The summed E-state index contributed by atoms with van der Waals surface area (Å²) in [5.41, 5.74) is 0.381. The van der Waals surface area contributed by atoms with Gasteiger partial charge in [0.1, 0.15) is 0 Å². The largest absolute Gasteiger partial charge is 0.298 e. The lowest BCUT2D eigenvalue weighted by atomic mass is 9.90. The second-order valence-electron chi connectivity index (χ2n) is 5.41. The second kappa shape index (κ2) is 4.45. The third kappa shape index (κ3) is 3.30. The van der Waals surface area contributed by atoms with E-state index in [1.54, 1.807) is 0 Å². The van der Waals surface area contributed by atoms with Crippen molar-refractivity contribution in [3.05, 3.63) is 0 Å². The zero-order chi connectivity index (χ0) is 9.90. The quantitative estimate of drug-likeness (QED) is 0.635. The summed E-state index contributed by atoms with van der Waals surface area (Å²) in [6.45, 7) is 11.9. The first-order valence-electron chi connectivity index (χ1n) is 5.79. The molecule has 0 spiro atoms. The topological polar surface area (TPSA) is 3.24 Å². The smallest absolute Gasteiger partial charge is 0.0125 e. The molecule has 0 bridgehead atoms. The molecule has 1 aliphatic rings. The van der Waals surface area contributed by atoms with E-state index in [0.29, 0.717) is 5.54 Å². The van der Waals surface area contributed by atoms with Crippen molar-refractivity contribution in [3.63, 3.8) is 0 Å². The first kappa shape index (κ1) is 11.0. The molecular formula is C12H25N. The van der Waals surface area contributed by atoms with Gasteiger partial charge in [0.25, 0.3) is 0 Å². The van der Waals surface area contributed by atoms with Crippen molar-refractivity contribution in [2.75, 3.05) is 13.1 Å². The average molecular weight is 183 g/mol. The minimum absolute atomic E-state index is 0.381. The molecule has 1 heterocycles. The number of rotatable bonds is 2. The summed E-state index contributed by atoms with van der Waals surface area (Å²) in [6, 6.07) is 0. The van der Waals surface area contributed by atoms with Gasteiger partial charge in [0.15, 0.2) is 0 Å². The van der Waals surface area contributed by atoms with Crippen LogP contribution in [0.15, 0.2) is 0 Å². The Morgan fingerprint density at radius 3 is 2.54 bits per heavy atom. The van der Waals surface area contributed by atoms with E-state index in [2.05, 4.69) is 32.6 Å². The van der Waals surface area contributed by atoms with E-state index >= 15 is 0 Å². The molecule has 0 amide bonds. The van der Waals surface area contributed by atoms with Crippen LogP contribution < -0.4 is 0 Å². The summed E-state index contributed by atoms with van der Waals surface area (Å²) in [5.74, 6) is 0.970. The van der Waals surface area contributed by atoms with Gasteiger partial charge in [-0.1, -0.05) is 13.3 Å². The van der Waals surface area contributed by atoms with Crippen LogP contribution in [0.4, 0.5) is 0 Å². The molecule has 1 rings (SSSR count). The van der Waals surface area contributed by atoms with Gasteiger partial charge >= 0.3 is 0 Å². The molecule has 1 atom stereocenters. The van der Waals surface area contributed by atoms with Gasteiger partial charge in [0.2, 0.25) is 0 Å². The number of likely N-dealkylation sites (tertiary alicyclic amines) is 1. The maximum Gasteiger partial charge on any atom is 0.0125 e. The van der Waals surface area contributed by atoms with Crippen molar-refractivity contribution in [2.24, 2.45) is 5.92 Å². The number of hydrogen-bond acceptors (Lipinski definition) is 1. The zero-order valence-electron chi connectivity index (χ0n) is 9.77. The van der Waals surface area contributed by atoms with Crippen molar-refractivity contribution in [3.8, 4) is 0 Å². The van der Waals surface area contributed by atoms with Crippen LogP contribution in [-0.4, -0.2) is 23.5 Å². The van der Waals surface area contributed by atoms with Gasteiger partial charge in [0, 0.05) is 12.1 Å². The van der Waals surface area contributed by atoms with Gasteiger partial charge in [-0.05, 0) is 52.5 Å². The molecule has 0 aliphatic carbocycles. The Balaban J connectivity index is 2.42. The molecule has 0 saturated carbocycles. The SMILES string of the molecule is CCCC1CCCN(C(C)(C)C)C1. The number of hydrogen-bond donors (Lipinski definition) is 0. The standard InChI is InChI=1S/C12H25N/c1-5-7-11-8-6-9-13(10-11)12(2,3)4/h11H,5-10H2,1-4H3. The minimum atomic E-state index is 0.381. The first-order valence-corrected chi connectivity index (χ1v) is 5.79. The maximum atomic E-state index is 2.65. The average Bonchev–Trinajstić information content (AvgIpc) is 2.04. The summed E-state index contributed by atoms with van der Waals surface area (Å²) in [6.07, 6.45) is 5.64. The summed E-state index contributed by atoms with van der Waals surface area (Å²) < 4.78 is 0. The Morgan fingerprint density at radius 2 is 2.00 bits per heavy atom. The van der Waals surface area contributed by atoms with Crippen molar-refractivity contribution in [2.45, 2.75) is 58.9 Å². The van der Waals surface area contributed by atoms with Crippen molar-refractivity contribution in [1.29, 1.82) is 0 Å². The van der Waals surface area contributed by atoms with E-state index in [-0.39, 0.29) is 0 Å². The predicted molar refractivity (Wildman–Crippen MR) is 59.0 cm³/mol. The molecule has 13 heavy (non-hydrogen) atoms. The van der Waals surface area contributed by atoms with Gasteiger partial charge in [-0.2, -0.15) is 0 Å². The summed E-state index contributed by atoms with van der Waals surface area (Å²) >= 11 is 0. The van der Waals surface area contributed by atoms with Gasteiger partial charge in [-0.3, -0.25) is 4.90 Å². The van der Waals surface area contributed by atoms with E-state index in [1.165, 1.54) is 38.8 Å². The molecule has 1 saturated heterocycles. The van der Waals surface area contributed by atoms with Crippen LogP contribution >= 0.6 is 0 Å². The monoisotopic (exact) mass is 183 g/mol. The van der Waals surface area contributed by atoms with Crippen LogP contribution in [0.5, 0.6) is 0 Å². The van der Waals surface area contributed by atoms with Crippen LogP contribution in [-0.2, 0) is 0 Å². The molecule has 0 radical (unpaired) electrons. The normalized spacial score (nSPS) is 26.3. The van der Waals surface area contributed by atoms with E-state index in [1.807, 2.05) is 0 Å². The highest BCUT2D eigenvalue weighted by atomic mass is 15.2. The Bertz CT molecular complexity index is 144. The van der Waals surface area contributed by atoms with E-state index in [0.717, 1.165) is 5.92 Å². The van der Waals surface area contributed by atoms with Crippen LogP contribution in [0.2, 0.25) is 0 Å². The molecule has 1 nitrogen and oxygen atoms in total. The summed E-state index contributed by atoms with van der Waals surface area (Å²) in [4.78, 5) is 2.65. The molecule has 0 aromatic heterocycles. The molecule has 1 aliphatic heterocycles. The van der Waals surface area contributed by atoms with Crippen LogP contribution in [0.25, 0.3) is 0 Å². The third-order valence-electron chi connectivity index (χ3n) is 3.16. The molecule has 0 aromatic carbocycles. The van der Waals surface area contributed by atoms with Crippen molar-refractivity contribution >= 4 is 0 Å². The minimum Gasteiger partial charge on any atom is -0.298 e.